The number of alkyl carbamates (subject to hydrolysis) is 1. The number of likely N-dealkylation sites (tertiary alicyclic amines) is 1. The number of nitrogens with one attached hydrogen (secondary N) is 1. The number of hydrogen-bond donors (Lipinski definition) is 2. The lowest BCUT2D eigenvalue weighted by molar-refractivity contribution is -0.151. The molecule has 5 rings (SSSR count). The highest BCUT2D eigenvalue weighted by molar-refractivity contribution is 5.87. The summed E-state index contributed by atoms with van der Waals surface area (Å²) in [5.74, 6) is -1.64. The Balaban J connectivity index is 1.25. The van der Waals surface area contributed by atoms with E-state index >= 15 is 0 Å². The van der Waals surface area contributed by atoms with Crippen LogP contribution in [0.1, 0.15) is 56.1 Å². The molecule has 7 nitrogen and oxygen atoms in total. The summed E-state index contributed by atoms with van der Waals surface area (Å²) in [5, 5.41) is 12.6. The minimum atomic E-state index is -0.958. The average molecular weight is 477 g/mol. The highest BCUT2D eigenvalue weighted by atomic mass is 16.5. The van der Waals surface area contributed by atoms with Gasteiger partial charge in [0, 0.05) is 18.5 Å². The van der Waals surface area contributed by atoms with Gasteiger partial charge >= 0.3 is 12.1 Å². The minimum absolute atomic E-state index is 0.0284. The molecule has 35 heavy (non-hydrogen) atoms. The van der Waals surface area contributed by atoms with Crippen LogP contribution in [0.2, 0.25) is 0 Å². The molecule has 2 N–H and O–H groups in total. The lowest BCUT2D eigenvalue weighted by atomic mass is 9.83. The van der Waals surface area contributed by atoms with Crippen LogP contribution >= 0.6 is 0 Å². The van der Waals surface area contributed by atoms with Crippen LogP contribution in [0.5, 0.6) is 0 Å². The van der Waals surface area contributed by atoms with Gasteiger partial charge in [0.1, 0.15) is 12.6 Å². The fraction of sp³-hybridized carbons (Fsp3) is 0.464. The Morgan fingerprint density at radius 2 is 1.60 bits per heavy atom. The van der Waals surface area contributed by atoms with Crippen LogP contribution in [0.15, 0.2) is 48.5 Å². The lowest BCUT2D eigenvalue weighted by Gasteiger charge is -2.35. The Morgan fingerprint density at radius 3 is 2.26 bits per heavy atom. The highest BCUT2D eigenvalue weighted by Gasteiger charge is 2.44. The summed E-state index contributed by atoms with van der Waals surface area (Å²) in [7, 11) is 0. The molecule has 2 amide bonds. The summed E-state index contributed by atoms with van der Waals surface area (Å²) in [6.45, 7) is 2.54. The smallest absolute Gasteiger partial charge is 0.407 e. The van der Waals surface area contributed by atoms with E-state index in [2.05, 4.69) is 29.6 Å². The third-order valence-electron chi connectivity index (χ3n) is 7.97. The van der Waals surface area contributed by atoms with Crippen LogP contribution < -0.4 is 5.32 Å². The van der Waals surface area contributed by atoms with Crippen molar-refractivity contribution >= 4 is 18.0 Å². The molecular weight excluding hydrogens is 444 g/mol. The zero-order chi connectivity index (χ0) is 24.5. The molecule has 2 fully saturated rings. The van der Waals surface area contributed by atoms with Crippen molar-refractivity contribution in [2.75, 3.05) is 13.2 Å². The second-order valence-electron chi connectivity index (χ2n) is 10.0. The summed E-state index contributed by atoms with van der Waals surface area (Å²) in [5.41, 5.74) is 4.64. The van der Waals surface area contributed by atoms with Crippen LogP contribution in [-0.4, -0.2) is 53.2 Å². The lowest BCUT2D eigenvalue weighted by Crippen LogP contribution is -2.52. The second-order valence-corrected chi connectivity index (χ2v) is 10.0. The van der Waals surface area contributed by atoms with Crippen LogP contribution in [0.4, 0.5) is 4.79 Å². The number of aliphatic carboxylic acids is 1. The van der Waals surface area contributed by atoms with Crippen LogP contribution in [0.3, 0.4) is 0 Å². The number of carboxylic acids is 1. The summed E-state index contributed by atoms with van der Waals surface area (Å²) < 4.78 is 5.70. The fourth-order valence-electron chi connectivity index (χ4n) is 6.17. The SMILES string of the molecule is CC1CCN(C(=O)[C@H]2CCCC[C@H]2NC(=O)OCC2c3ccccc3-c3ccccc32)C1C(=O)O. The summed E-state index contributed by atoms with van der Waals surface area (Å²) >= 11 is 0. The van der Waals surface area contributed by atoms with E-state index in [0.29, 0.717) is 25.8 Å². The predicted molar refractivity (Wildman–Crippen MR) is 131 cm³/mol. The number of rotatable bonds is 5. The molecule has 1 saturated carbocycles. The van der Waals surface area contributed by atoms with Gasteiger partial charge in [0.25, 0.3) is 0 Å². The molecule has 1 heterocycles. The monoisotopic (exact) mass is 476 g/mol. The number of hydrogen-bond acceptors (Lipinski definition) is 4. The zero-order valence-corrected chi connectivity index (χ0v) is 20.0. The number of fused-ring (bicyclic) bond motifs is 3. The van der Waals surface area contributed by atoms with Crippen molar-refractivity contribution in [3.8, 4) is 11.1 Å². The van der Waals surface area contributed by atoms with Crippen molar-refractivity contribution < 1.29 is 24.2 Å². The van der Waals surface area contributed by atoms with Crippen molar-refractivity contribution in [1.82, 2.24) is 10.2 Å². The Hall–Kier alpha value is -3.35. The summed E-state index contributed by atoms with van der Waals surface area (Å²) in [4.78, 5) is 39.5. The topological polar surface area (TPSA) is 95.9 Å². The van der Waals surface area contributed by atoms with Gasteiger partial charge in [0.05, 0.1) is 5.92 Å². The number of carbonyl (C=O) groups is 3. The van der Waals surface area contributed by atoms with Crippen molar-refractivity contribution in [3.63, 3.8) is 0 Å². The summed E-state index contributed by atoms with van der Waals surface area (Å²) in [6.07, 6.45) is 3.28. The zero-order valence-electron chi connectivity index (χ0n) is 20.0. The fourth-order valence-corrected chi connectivity index (χ4v) is 6.17. The molecule has 4 atom stereocenters. The van der Waals surface area contributed by atoms with Crippen molar-refractivity contribution in [2.45, 2.75) is 57.0 Å². The Bertz CT molecular complexity index is 1090. The van der Waals surface area contributed by atoms with Gasteiger partial charge in [-0.2, -0.15) is 0 Å². The molecule has 7 heteroatoms. The van der Waals surface area contributed by atoms with E-state index in [-0.39, 0.29) is 30.4 Å². The molecule has 0 spiro atoms. The maximum atomic E-state index is 13.4. The predicted octanol–water partition coefficient (Wildman–Crippen LogP) is 4.41. The van der Waals surface area contributed by atoms with Crippen LogP contribution in [-0.2, 0) is 14.3 Å². The molecule has 2 aromatic rings. The van der Waals surface area contributed by atoms with Gasteiger partial charge in [-0.25, -0.2) is 9.59 Å². The quantitative estimate of drug-likeness (QED) is 0.667. The van der Waals surface area contributed by atoms with Crippen molar-refractivity contribution in [3.05, 3.63) is 59.7 Å². The number of carbonyl (C=O) groups excluding carboxylic acids is 2. The van der Waals surface area contributed by atoms with Crippen LogP contribution in [0, 0.1) is 11.8 Å². The number of benzene rings is 2. The van der Waals surface area contributed by atoms with Gasteiger partial charge < -0.3 is 20.1 Å². The molecule has 0 aromatic heterocycles. The minimum Gasteiger partial charge on any atom is -0.480 e. The molecule has 0 radical (unpaired) electrons. The Morgan fingerprint density at radius 1 is 0.971 bits per heavy atom. The van der Waals surface area contributed by atoms with Crippen molar-refractivity contribution in [2.24, 2.45) is 11.8 Å². The van der Waals surface area contributed by atoms with Gasteiger partial charge in [0.15, 0.2) is 0 Å². The molecular formula is C28H32N2O5. The van der Waals surface area contributed by atoms with E-state index in [0.717, 1.165) is 24.0 Å². The average Bonchev–Trinajstić information content (AvgIpc) is 3.41. The Kier molecular flexibility index (Phi) is 6.50. The number of ether oxygens (including phenoxy) is 1. The van der Waals surface area contributed by atoms with E-state index in [4.69, 9.17) is 4.74 Å². The molecule has 2 unspecified atom stereocenters. The third kappa shape index (κ3) is 4.40. The van der Waals surface area contributed by atoms with E-state index in [1.165, 1.54) is 16.0 Å². The summed E-state index contributed by atoms with van der Waals surface area (Å²) in [6, 6.07) is 15.2. The molecule has 2 aliphatic carbocycles. The molecule has 184 valence electrons. The maximum absolute atomic E-state index is 13.4. The van der Waals surface area contributed by atoms with E-state index < -0.39 is 24.0 Å². The molecule has 1 aliphatic heterocycles. The largest absolute Gasteiger partial charge is 0.480 e. The normalized spacial score (nSPS) is 25.6. The van der Waals surface area contributed by atoms with Gasteiger partial charge in [0.2, 0.25) is 5.91 Å². The number of amides is 2. The molecule has 1 saturated heterocycles. The first-order valence-electron chi connectivity index (χ1n) is 12.6. The third-order valence-corrected chi connectivity index (χ3v) is 7.97. The maximum Gasteiger partial charge on any atom is 0.407 e. The second kappa shape index (κ2) is 9.72. The first-order chi connectivity index (χ1) is 17.0. The first-order valence-corrected chi connectivity index (χ1v) is 12.6. The molecule has 0 bridgehead atoms. The first kappa shape index (κ1) is 23.4. The van der Waals surface area contributed by atoms with Crippen molar-refractivity contribution in [1.29, 1.82) is 0 Å². The number of carboxylic acid groups (broad SMARTS) is 1. The van der Waals surface area contributed by atoms with Gasteiger partial charge in [-0.05, 0) is 47.4 Å². The molecule has 3 aliphatic rings. The molecule has 2 aromatic carbocycles. The van der Waals surface area contributed by atoms with E-state index in [9.17, 15) is 19.5 Å². The highest BCUT2D eigenvalue weighted by Crippen LogP contribution is 2.44. The Labute approximate surface area is 205 Å². The van der Waals surface area contributed by atoms with Gasteiger partial charge in [-0.15, -0.1) is 0 Å². The van der Waals surface area contributed by atoms with Gasteiger partial charge in [-0.1, -0.05) is 68.3 Å². The van der Waals surface area contributed by atoms with E-state index in [1.54, 1.807) is 0 Å². The van der Waals surface area contributed by atoms with Gasteiger partial charge in [-0.3, -0.25) is 4.79 Å². The number of nitrogens with zero attached hydrogens (tertiary/aromatic N) is 1. The van der Waals surface area contributed by atoms with E-state index in [1.807, 2.05) is 31.2 Å². The standard InChI is InChI=1S/C28H32N2O5/c1-17-14-15-30(25(17)27(32)33)26(31)22-12-6-7-13-24(22)29-28(34)35-16-23-20-10-4-2-8-18(20)19-9-3-5-11-21(19)23/h2-5,8-11,17,22-25H,6-7,12-16H2,1H3,(H,29,34)(H,32,33)/t17?,22-,24+,25?/m0/s1. The van der Waals surface area contributed by atoms with Crippen LogP contribution in [0.25, 0.3) is 11.1 Å².